The molecule has 0 amide bonds. The SMILES string of the molecule is CC/C=C\C/C=C\C/C=C\CCCCCCCC=O.COc1c(-c2ccc(O)c(O)c2)oc2cc(OC(C)C)cc(O)c2c1=O. The number of rotatable bonds is 17. The molecule has 0 saturated carbocycles. The maximum absolute atomic E-state index is 12.8. The molecular weight excluding hydrogens is 572 g/mol. The molecule has 244 valence electrons. The van der Waals surface area contributed by atoms with Gasteiger partial charge >= 0.3 is 0 Å². The van der Waals surface area contributed by atoms with Crippen LogP contribution in [0.4, 0.5) is 0 Å². The lowest BCUT2D eigenvalue weighted by molar-refractivity contribution is -0.107. The summed E-state index contributed by atoms with van der Waals surface area (Å²) in [5, 5.41) is 29.4. The van der Waals surface area contributed by atoms with E-state index >= 15 is 0 Å². The summed E-state index contributed by atoms with van der Waals surface area (Å²) in [6, 6.07) is 6.82. The molecule has 0 unspecified atom stereocenters. The van der Waals surface area contributed by atoms with Crippen LogP contribution in [0.5, 0.6) is 28.7 Å². The highest BCUT2D eigenvalue weighted by Crippen LogP contribution is 2.38. The zero-order valence-corrected chi connectivity index (χ0v) is 27.0. The zero-order chi connectivity index (χ0) is 33.0. The summed E-state index contributed by atoms with van der Waals surface area (Å²) in [4.78, 5) is 22.9. The summed E-state index contributed by atoms with van der Waals surface area (Å²) in [6.07, 6.45) is 25.6. The fourth-order valence-corrected chi connectivity index (χ4v) is 4.48. The second kappa shape index (κ2) is 20.5. The molecule has 0 atom stereocenters. The van der Waals surface area contributed by atoms with Gasteiger partial charge in [-0.05, 0) is 70.6 Å². The minimum absolute atomic E-state index is 0.0373. The number of allylic oxidation sites excluding steroid dienone is 6. The summed E-state index contributed by atoms with van der Waals surface area (Å²) >= 11 is 0. The van der Waals surface area contributed by atoms with E-state index < -0.39 is 5.43 Å². The van der Waals surface area contributed by atoms with Gasteiger partial charge in [0.25, 0.3) is 0 Å². The standard InChI is InChI=1S/C19H18O7.C18H30O/c1-9(2)25-11-7-14(22)16-15(8-11)26-18(19(24-3)17(16)23)10-4-5-12(20)13(21)6-10;1-2-3-4-5-6-7-8-9-10-11-12-13-14-15-16-17-18-19/h4-9,20-22H,1-3H3;3-4,6-7,9-10,18H,2,5,8,11-17H2,1H3/b;4-3-,7-6-,10-9-. The molecule has 1 heterocycles. The van der Waals surface area contributed by atoms with Crippen molar-refractivity contribution in [2.75, 3.05) is 7.11 Å². The van der Waals surface area contributed by atoms with E-state index in [1.807, 2.05) is 13.8 Å². The van der Waals surface area contributed by atoms with E-state index in [1.165, 1.54) is 69.5 Å². The van der Waals surface area contributed by atoms with Gasteiger partial charge in [0.2, 0.25) is 11.2 Å². The summed E-state index contributed by atoms with van der Waals surface area (Å²) in [6.45, 7) is 5.82. The Morgan fingerprint density at radius 3 is 2.07 bits per heavy atom. The van der Waals surface area contributed by atoms with Crippen LogP contribution in [0.2, 0.25) is 0 Å². The maximum atomic E-state index is 12.8. The van der Waals surface area contributed by atoms with Crippen LogP contribution in [-0.2, 0) is 4.79 Å². The average molecular weight is 621 g/mol. The predicted octanol–water partition coefficient (Wildman–Crippen LogP) is 9.15. The molecule has 0 fully saturated rings. The number of hydrogen-bond donors (Lipinski definition) is 3. The first-order valence-electron chi connectivity index (χ1n) is 15.7. The van der Waals surface area contributed by atoms with Gasteiger partial charge in [-0.2, -0.15) is 0 Å². The van der Waals surface area contributed by atoms with Crippen LogP contribution in [-0.4, -0.2) is 34.8 Å². The number of carbonyl (C=O) groups is 1. The van der Waals surface area contributed by atoms with Gasteiger partial charge in [-0.1, -0.05) is 62.6 Å². The summed E-state index contributed by atoms with van der Waals surface area (Å²) in [7, 11) is 1.30. The third-order valence-corrected chi connectivity index (χ3v) is 6.69. The molecule has 0 saturated heterocycles. The lowest BCUT2D eigenvalue weighted by atomic mass is 10.1. The molecule has 0 radical (unpaired) electrons. The van der Waals surface area contributed by atoms with E-state index in [1.54, 1.807) is 0 Å². The maximum Gasteiger partial charge on any atom is 0.239 e. The molecule has 0 bridgehead atoms. The van der Waals surface area contributed by atoms with Gasteiger partial charge in [0.05, 0.1) is 13.2 Å². The van der Waals surface area contributed by atoms with Crippen LogP contribution in [0.3, 0.4) is 0 Å². The third kappa shape index (κ3) is 12.6. The van der Waals surface area contributed by atoms with Crippen molar-refractivity contribution in [1.82, 2.24) is 0 Å². The van der Waals surface area contributed by atoms with Gasteiger partial charge in [-0.25, -0.2) is 0 Å². The fourth-order valence-electron chi connectivity index (χ4n) is 4.48. The molecule has 0 aliphatic rings. The molecule has 45 heavy (non-hydrogen) atoms. The smallest absolute Gasteiger partial charge is 0.239 e. The van der Waals surface area contributed by atoms with Crippen molar-refractivity contribution in [2.24, 2.45) is 0 Å². The summed E-state index contributed by atoms with van der Waals surface area (Å²) < 4.78 is 16.5. The first-order valence-corrected chi connectivity index (χ1v) is 15.7. The number of aldehydes is 1. The number of fused-ring (bicyclic) bond motifs is 1. The van der Waals surface area contributed by atoms with Gasteiger partial charge in [-0.3, -0.25) is 4.79 Å². The Balaban J connectivity index is 0.000000332. The van der Waals surface area contributed by atoms with Crippen LogP contribution in [0, 0.1) is 0 Å². The fraction of sp³-hybridized carbons (Fsp3) is 0.405. The number of carbonyl (C=O) groups excluding carboxylic acids is 1. The van der Waals surface area contributed by atoms with Crippen molar-refractivity contribution < 1.29 is 34.0 Å². The van der Waals surface area contributed by atoms with E-state index in [0.29, 0.717) is 11.3 Å². The average Bonchev–Trinajstić information content (AvgIpc) is 3.00. The Kier molecular flexibility index (Phi) is 16.7. The van der Waals surface area contributed by atoms with Gasteiger partial charge in [0, 0.05) is 24.1 Å². The number of unbranched alkanes of at least 4 members (excludes halogenated alkanes) is 6. The van der Waals surface area contributed by atoms with E-state index in [9.17, 15) is 24.9 Å². The predicted molar refractivity (Wildman–Crippen MR) is 181 cm³/mol. The van der Waals surface area contributed by atoms with Crippen LogP contribution in [0.25, 0.3) is 22.3 Å². The van der Waals surface area contributed by atoms with Crippen molar-refractivity contribution in [3.8, 4) is 40.1 Å². The number of methoxy groups -OCH3 is 1. The summed E-state index contributed by atoms with van der Waals surface area (Å²) in [5.41, 5.74) is -0.134. The van der Waals surface area contributed by atoms with Crippen LogP contribution < -0.4 is 14.9 Å². The molecular formula is C37H48O8. The van der Waals surface area contributed by atoms with Crippen molar-refractivity contribution in [3.63, 3.8) is 0 Å². The van der Waals surface area contributed by atoms with Gasteiger partial charge in [-0.15, -0.1) is 0 Å². The highest BCUT2D eigenvalue weighted by molar-refractivity contribution is 5.88. The Morgan fingerprint density at radius 2 is 1.44 bits per heavy atom. The van der Waals surface area contributed by atoms with E-state index in [-0.39, 0.29) is 45.8 Å². The number of benzene rings is 2. The normalized spacial score (nSPS) is 11.5. The molecule has 0 aliphatic heterocycles. The topological polar surface area (TPSA) is 126 Å². The molecule has 0 aliphatic carbocycles. The number of hydrogen-bond acceptors (Lipinski definition) is 8. The van der Waals surface area contributed by atoms with E-state index in [2.05, 4.69) is 43.4 Å². The van der Waals surface area contributed by atoms with Crippen LogP contribution in [0.1, 0.15) is 85.0 Å². The Bertz CT molecular complexity index is 1480. The summed E-state index contributed by atoms with van der Waals surface area (Å²) in [5.74, 6) is -0.687. The lowest BCUT2D eigenvalue weighted by Gasteiger charge is -2.13. The largest absolute Gasteiger partial charge is 0.507 e. The highest BCUT2D eigenvalue weighted by atomic mass is 16.5. The first-order chi connectivity index (χ1) is 21.7. The van der Waals surface area contributed by atoms with Crippen molar-refractivity contribution >= 4 is 17.3 Å². The molecule has 8 heteroatoms. The molecule has 0 spiro atoms. The third-order valence-electron chi connectivity index (χ3n) is 6.69. The lowest BCUT2D eigenvalue weighted by Crippen LogP contribution is -2.09. The Hall–Kier alpha value is -4.46. The van der Waals surface area contributed by atoms with Gasteiger partial charge in [0.15, 0.2) is 17.3 Å². The monoisotopic (exact) mass is 620 g/mol. The van der Waals surface area contributed by atoms with E-state index in [0.717, 1.165) is 38.4 Å². The van der Waals surface area contributed by atoms with Crippen LogP contribution >= 0.6 is 0 Å². The van der Waals surface area contributed by atoms with E-state index in [4.69, 9.17) is 13.9 Å². The molecule has 2 aromatic carbocycles. The number of ether oxygens (including phenoxy) is 2. The minimum atomic E-state index is -0.565. The van der Waals surface area contributed by atoms with Crippen LogP contribution in [0.15, 0.2) is 76.0 Å². The van der Waals surface area contributed by atoms with Crippen molar-refractivity contribution in [1.29, 1.82) is 0 Å². The number of aromatic hydroxyl groups is 3. The second-order valence-corrected chi connectivity index (χ2v) is 10.8. The zero-order valence-electron chi connectivity index (χ0n) is 27.0. The Morgan fingerprint density at radius 1 is 0.800 bits per heavy atom. The molecule has 8 nitrogen and oxygen atoms in total. The Labute approximate surface area is 266 Å². The molecule has 3 aromatic rings. The molecule has 3 rings (SSSR count). The quantitative estimate of drug-likeness (QED) is 0.0590. The highest BCUT2D eigenvalue weighted by Gasteiger charge is 2.21. The van der Waals surface area contributed by atoms with Crippen molar-refractivity contribution in [2.45, 2.75) is 91.1 Å². The minimum Gasteiger partial charge on any atom is -0.507 e. The second-order valence-electron chi connectivity index (χ2n) is 10.8. The van der Waals surface area contributed by atoms with Gasteiger partial charge < -0.3 is 34.0 Å². The molecule has 1 aromatic heterocycles. The number of phenolic OH excluding ortho intramolecular Hbond substituents is 3. The number of phenols is 3. The molecule has 3 N–H and O–H groups in total. The van der Waals surface area contributed by atoms with Gasteiger partial charge in [0.1, 0.15) is 28.8 Å². The van der Waals surface area contributed by atoms with Crippen molar-refractivity contribution in [3.05, 3.63) is 77.0 Å². The first kappa shape index (κ1) is 36.7.